The Balaban J connectivity index is 1.96. The Hall–Kier alpha value is -3.29. The number of hydrogen-bond acceptors (Lipinski definition) is 3. The molecule has 2 aromatic carbocycles. The summed E-state index contributed by atoms with van der Waals surface area (Å²) in [6, 6.07) is 13.0. The van der Waals surface area contributed by atoms with Crippen LogP contribution in [0.1, 0.15) is 11.1 Å². The van der Waals surface area contributed by atoms with Gasteiger partial charge in [0.25, 0.3) is 0 Å². The number of methoxy groups -OCH3 is 1. The van der Waals surface area contributed by atoms with Crippen LogP contribution >= 0.6 is 0 Å². The van der Waals surface area contributed by atoms with Crippen LogP contribution in [0.2, 0.25) is 0 Å². The molecule has 27 heavy (non-hydrogen) atoms. The standard InChI is InChI=1S/C19H17F3N2O3/c1-27-15-9-6-13(7-10-15)8-11-17(25)23-12-14-4-2-3-5-16(14)24-18(26)19(20,21)22/h2-11H,12H2,1H3,(H,23,25)(H,24,26)/b11-8+. The first kappa shape index (κ1) is 20.0. The molecule has 0 aromatic heterocycles. The third-order valence-electron chi connectivity index (χ3n) is 3.52. The van der Waals surface area contributed by atoms with Crippen LogP contribution < -0.4 is 15.4 Å². The van der Waals surface area contributed by atoms with E-state index in [0.717, 1.165) is 5.56 Å². The van der Waals surface area contributed by atoms with Gasteiger partial charge in [-0.05, 0) is 35.4 Å². The molecule has 0 radical (unpaired) electrons. The smallest absolute Gasteiger partial charge is 0.471 e. The van der Waals surface area contributed by atoms with Crippen LogP contribution in [0.5, 0.6) is 5.75 Å². The Kier molecular flexibility index (Phi) is 6.59. The van der Waals surface area contributed by atoms with Gasteiger partial charge in [0, 0.05) is 18.3 Å². The van der Waals surface area contributed by atoms with Crippen molar-refractivity contribution < 1.29 is 27.5 Å². The van der Waals surface area contributed by atoms with Crippen molar-refractivity contribution in [2.75, 3.05) is 12.4 Å². The van der Waals surface area contributed by atoms with Crippen LogP contribution in [-0.4, -0.2) is 25.1 Å². The molecule has 2 aromatic rings. The number of hydrogen-bond donors (Lipinski definition) is 2. The molecule has 2 N–H and O–H groups in total. The highest BCUT2D eigenvalue weighted by Crippen LogP contribution is 2.21. The Bertz CT molecular complexity index is 831. The second kappa shape index (κ2) is 8.88. The third-order valence-corrected chi connectivity index (χ3v) is 3.52. The van der Waals surface area contributed by atoms with Gasteiger partial charge in [0.1, 0.15) is 5.75 Å². The van der Waals surface area contributed by atoms with Gasteiger partial charge in [-0.1, -0.05) is 30.3 Å². The zero-order valence-electron chi connectivity index (χ0n) is 14.3. The van der Waals surface area contributed by atoms with E-state index in [1.54, 1.807) is 48.8 Å². The van der Waals surface area contributed by atoms with Crippen molar-refractivity contribution >= 4 is 23.6 Å². The second-order valence-electron chi connectivity index (χ2n) is 5.43. The summed E-state index contributed by atoms with van der Waals surface area (Å²) in [7, 11) is 1.55. The quantitative estimate of drug-likeness (QED) is 0.756. The van der Waals surface area contributed by atoms with E-state index in [4.69, 9.17) is 4.74 Å². The molecule has 0 saturated carbocycles. The summed E-state index contributed by atoms with van der Waals surface area (Å²) in [5.41, 5.74) is 1.12. The maximum atomic E-state index is 12.4. The molecule has 0 aliphatic carbocycles. The lowest BCUT2D eigenvalue weighted by Gasteiger charge is -2.12. The van der Waals surface area contributed by atoms with Crippen molar-refractivity contribution in [2.45, 2.75) is 12.7 Å². The first-order valence-electron chi connectivity index (χ1n) is 7.85. The zero-order valence-corrected chi connectivity index (χ0v) is 14.3. The van der Waals surface area contributed by atoms with Gasteiger partial charge in [-0.3, -0.25) is 9.59 Å². The highest BCUT2D eigenvalue weighted by atomic mass is 19.4. The van der Waals surface area contributed by atoms with Crippen LogP contribution in [0.25, 0.3) is 6.08 Å². The van der Waals surface area contributed by atoms with E-state index in [2.05, 4.69) is 5.32 Å². The predicted molar refractivity (Wildman–Crippen MR) is 95.0 cm³/mol. The minimum absolute atomic E-state index is 0.0146. The van der Waals surface area contributed by atoms with Crippen molar-refractivity contribution in [1.82, 2.24) is 5.32 Å². The van der Waals surface area contributed by atoms with Crippen LogP contribution in [0.15, 0.2) is 54.6 Å². The Labute approximate surface area is 153 Å². The summed E-state index contributed by atoms with van der Waals surface area (Å²) in [5, 5.41) is 4.36. The molecule has 8 heteroatoms. The zero-order chi connectivity index (χ0) is 19.9. The fourth-order valence-corrected chi connectivity index (χ4v) is 2.12. The molecule has 0 spiro atoms. The average Bonchev–Trinajstić information content (AvgIpc) is 2.65. The SMILES string of the molecule is COc1ccc(/C=C/C(=O)NCc2ccccc2NC(=O)C(F)(F)F)cc1. The summed E-state index contributed by atoms with van der Waals surface area (Å²) in [6.07, 6.45) is -2.09. The summed E-state index contributed by atoms with van der Waals surface area (Å²) in [6.45, 7) is -0.0416. The summed E-state index contributed by atoms with van der Waals surface area (Å²) in [4.78, 5) is 23.0. The minimum Gasteiger partial charge on any atom is -0.497 e. The fourth-order valence-electron chi connectivity index (χ4n) is 2.12. The van der Waals surface area contributed by atoms with E-state index >= 15 is 0 Å². The van der Waals surface area contributed by atoms with Crippen molar-refractivity contribution in [3.8, 4) is 5.75 Å². The van der Waals surface area contributed by atoms with Gasteiger partial charge in [-0.2, -0.15) is 13.2 Å². The molecule has 0 aliphatic rings. The highest BCUT2D eigenvalue weighted by Gasteiger charge is 2.38. The number of nitrogens with one attached hydrogen (secondary N) is 2. The van der Waals surface area contributed by atoms with E-state index in [0.29, 0.717) is 11.3 Å². The summed E-state index contributed by atoms with van der Waals surface area (Å²) < 4.78 is 42.2. The normalized spacial score (nSPS) is 11.3. The van der Waals surface area contributed by atoms with Crippen LogP contribution in [0.3, 0.4) is 0 Å². The number of anilines is 1. The largest absolute Gasteiger partial charge is 0.497 e. The van der Waals surface area contributed by atoms with Crippen molar-refractivity contribution in [2.24, 2.45) is 0 Å². The van der Waals surface area contributed by atoms with Crippen LogP contribution in [0, 0.1) is 0 Å². The van der Waals surface area contributed by atoms with E-state index < -0.39 is 18.0 Å². The van der Waals surface area contributed by atoms with Gasteiger partial charge >= 0.3 is 12.1 Å². The van der Waals surface area contributed by atoms with Gasteiger partial charge in [0.05, 0.1) is 7.11 Å². The first-order chi connectivity index (χ1) is 12.8. The molecule has 0 aliphatic heterocycles. The lowest BCUT2D eigenvalue weighted by molar-refractivity contribution is -0.167. The van der Waals surface area contributed by atoms with Crippen molar-refractivity contribution in [3.63, 3.8) is 0 Å². The van der Waals surface area contributed by atoms with Gasteiger partial charge in [0.15, 0.2) is 0 Å². The Morgan fingerprint density at radius 2 is 1.74 bits per heavy atom. The van der Waals surface area contributed by atoms with Gasteiger partial charge in [-0.25, -0.2) is 0 Å². The van der Waals surface area contributed by atoms with Crippen LogP contribution in [-0.2, 0) is 16.1 Å². The Morgan fingerprint density at radius 1 is 1.07 bits per heavy atom. The van der Waals surface area contributed by atoms with Crippen LogP contribution in [0.4, 0.5) is 18.9 Å². The number of halogens is 3. The molecule has 2 amide bonds. The molecule has 2 rings (SSSR count). The second-order valence-corrected chi connectivity index (χ2v) is 5.43. The molecule has 0 fully saturated rings. The van der Waals surface area contributed by atoms with E-state index in [9.17, 15) is 22.8 Å². The molecule has 0 unspecified atom stereocenters. The fraction of sp³-hybridized carbons (Fsp3) is 0.158. The number of alkyl halides is 3. The maximum Gasteiger partial charge on any atom is 0.471 e. The lowest BCUT2D eigenvalue weighted by Crippen LogP contribution is -2.30. The van der Waals surface area contributed by atoms with E-state index in [1.165, 1.54) is 24.3 Å². The van der Waals surface area contributed by atoms with Gasteiger partial charge < -0.3 is 15.4 Å². The topological polar surface area (TPSA) is 67.4 Å². The molecular weight excluding hydrogens is 361 g/mol. The average molecular weight is 378 g/mol. The molecule has 142 valence electrons. The monoisotopic (exact) mass is 378 g/mol. The number of benzene rings is 2. The van der Waals surface area contributed by atoms with Gasteiger partial charge in [-0.15, -0.1) is 0 Å². The Morgan fingerprint density at radius 3 is 2.37 bits per heavy atom. The number of rotatable bonds is 6. The number of carbonyl (C=O) groups excluding carboxylic acids is 2. The maximum absolute atomic E-state index is 12.4. The first-order valence-corrected chi connectivity index (χ1v) is 7.85. The molecule has 0 saturated heterocycles. The molecule has 0 bridgehead atoms. The lowest BCUT2D eigenvalue weighted by atomic mass is 10.1. The van der Waals surface area contributed by atoms with Crippen molar-refractivity contribution in [3.05, 3.63) is 65.7 Å². The predicted octanol–water partition coefficient (Wildman–Crippen LogP) is 3.53. The number of para-hydroxylation sites is 1. The molecule has 5 nitrogen and oxygen atoms in total. The summed E-state index contributed by atoms with van der Waals surface area (Å²) in [5.74, 6) is -1.81. The molecule has 0 heterocycles. The van der Waals surface area contributed by atoms with Gasteiger partial charge in [0.2, 0.25) is 5.91 Å². The highest BCUT2D eigenvalue weighted by molar-refractivity contribution is 5.96. The van der Waals surface area contributed by atoms with Crippen molar-refractivity contribution in [1.29, 1.82) is 0 Å². The molecular formula is C19H17F3N2O3. The number of carbonyl (C=O) groups is 2. The minimum atomic E-state index is -4.99. The summed E-state index contributed by atoms with van der Waals surface area (Å²) >= 11 is 0. The molecule has 0 atom stereocenters. The van der Waals surface area contributed by atoms with E-state index in [-0.39, 0.29) is 12.2 Å². The third kappa shape index (κ3) is 6.18. The number of ether oxygens (including phenoxy) is 1. The number of amides is 2. The van der Waals surface area contributed by atoms with E-state index in [1.807, 2.05) is 0 Å².